The summed E-state index contributed by atoms with van der Waals surface area (Å²) in [5, 5.41) is 14.2. The molecule has 6 nitrogen and oxygen atoms in total. The predicted octanol–water partition coefficient (Wildman–Crippen LogP) is 2.71. The molecule has 0 amide bonds. The Bertz CT molecular complexity index is 702. The summed E-state index contributed by atoms with van der Waals surface area (Å²) < 4.78 is 27.3. The first kappa shape index (κ1) is 14.3. The molecule has 20 heavy (non-hydrogen) atoms. The highest BCUT2D eigenvalue weighted by Gasteiger charge is 2.21. The lowest BCUT2D eigenvalue weighted by atomic mass is 10.1. The Morgan fingerprint density at radius 2 is 2.15 bits per heavy atom. The largest absolute Gasteiger partial charge is 0.404 e. The third-order valence-corrected chi connectivity index (χ3v) is 2.97. The Morgan fingerprint density at radius 1 is 1.45 bits per heavy atom. The molecule has 104 valence electrons. The molecule has 0 atom stereocenters. The van der Waals surface area contributed by atoms with Gasteiger partial charge in [0.15, 0.2) is 5.78 Å². The molecule has 0 unspecified atom stereocenters. The first-order chi connectivity index (χ1) is 9.38. The highest BCUT2D eigenvalue weighted by atomic mass is 79.9. The number of hydrogen-bond donors (Lipinski definition) is 0. The average Bonchev–Trinajstić information content (AvgIpc) is 2.70. The van der Waals surface area contributed by atoms with E-state index in [-0.39, 0.29) is 10.0 Å². The van der Waals surface area contributed by atoms with Crippen LogP contribution in [0.5, 0.6) is 0 Å². The van der Waals surface area contributed by atoms with Crippen molar-refractivity contribution < 1.29 is 18.5 Å². The molecule has 0 spiro atoms. The van der Waals surface area contributed by atoms with Gasteiger partial charge in [-0.15, -0.1) is 0 Å². The van der Waals surface area contributed by atoms with Gasteiger partial charge in [0.25, 0.3) is 0 Å². The molecule has 1 aromatic heterocycles. The van der Waals surface area contributed by atoms with Crippen LogP contribution in [-0.4, -0.2) is 20.5 Å². The third-order valence-electron chi connectivity index (χ3n) is 2.41. The van der Waals surface area contributed by atoms with E-state index >= 15 is 0 Å². The highest BCUT2D eigenvalue weighted by Crippen LogP contribution is 2.22. The van der Waals surface area contributed by atoms with Gasteiger partial charge in [-0.1, -0.05) is 0 Å². The van der Waals surface area contributed by atoms with Crippen molar-refractivity contribution in [1.82, 2.24) is 9.78 Å². The number of Topliss-reactive ketones (excluding diaryl/α,β-unsaturated/α-hetero) is 1. The number of carbonyl (C=O) groups excluding carboxylic acids is 1. The SMILES string of the molecule is O=C(Cn1cc(Br)c([N+](=O)[O-])n1)c1ccc(F)cc1F. The number of nitro groups is 1. The minimum absolute atomic E-state index is 0.106. The van der Waals surface area contributed by atoms with Crippen LogP contribution in [0.15, 0.2) is 28.9 Å². The minimum atomic E-state index is -0.990. The van der Waals surface area contributed by atoms with Gasteiger partial charge in [-0.05, 0) is 33.0 Å². The van der Waals surface area contributed by atoms with Crippen LogP contribution in [0.1, 0.15) is 10.4 Å². The molecule has 0 aliphatic heterocycles. The van der Waals surface area contributed by atoms with E-state index in [1.807, 2.05) is 0 Å². The zero-order chi connectivity index (χ0) is 14.9. The maximum absolute atomic E-state index is 13.4. The summed E-state index contributed by atoms with van der Waals surface area (Å²) in [5.74, 6) is -2.91. The van der Waals surface area contributed by atoms with Gasteiger partial charge >= 0.3 is 5.82 Å². The van der Waals surface area contributed by atoms with Crippen LogP contribution < -0.4 is 0 Å². The zero-order valence-electron chi connectivity index (χ0n) is 9.72. The maximum Gasteiger partial charge on any atom is 0.404 e. The normalized spacial score (nSPS) is 10.6. The van der Waals surface area contributed by atoms with Crippen LogP contribution >= 0.6 is 15.9 Å². The van der Waals surface area contributed by atoms with E-state index in [4.69, 9.17) is 0 Å². The van der Waals surface area contributed by atoms with Gasteiger partial charge in [0.1, 0.15) is 22.7 Å². The number of aromatic nitrogens is 2. The molecule has 0 fully saturated rings. The first-order valence-electron chi connectivity index (χ1n) is 5.24. The van der Waals surface area contributed by atoms with Crippen LogP contribution in [0.3, 0.4) is 0 Å². The van der Waals surface area contributed by atoms with Crippen LogP contribution in [0, 0.1) is 21.7 Å². The summed E-state index contributed by atoms with van der Waals surface area (Å²) in [7, 11) is 0. The van der Waals surface area contributed by atoms with Crippen molar-refractivity contribution in [3.05, 3.63) is 56.2 Å². The topological polar surface area (TPSA) is 78.0 Å². The van der Waals surface area contributed by atoms with Gasteiger partial charge in [0.2, 0.25) is 0 Å². The molecule has 9 heteroatoms. The first-order valence-corrected chi connectivity index (χ1v) is 6.03. The molecule has 0 saturated carbocycles. The van der Waals surface area contributed by atoms with E-state index in [1.54, 1.807) is 0 Å². The standard InChI is InChI=1S/C11H6BrF2N3O3/c12-8-4-16(15-11(8)17(19)20)5-10(18)7-2-1-6(13)3-9(7)14/h1-4H,5H2. The third kappa shape index (κ3) is 2.87. The molecule has 0 aliphatic rings. The maximum atomic E-state index is 13.4. The lowest BCUT2D eigenvalue weighted by molar-refractivity contribution is -0.390. The van der Waals surface area contributed by atoms with Crippen molar-refractivity contribution in [2.45, 2.75) is 6.54 Å². The summed E-state index contributed by atoms with van der Waals surface area (Å²) in [6.45, 7) is -0.394. The molecular weight excluding hydrogens is 340 g/mol. The lowest BCUT2D eigenvalue weighted by Gasteiger charge is -2.01. The number of ketones is 1. The Hall–Kier alpha value is -2.16. The highest BCUT2D eigenvalue weighted by molar-refractivity contribution is 9.10. The fourth-order valence-electron chi connectivity index (χ4n) is 1.54. The van der Waals surface area contributed by atoms with Crippen molar-refractivity contribution in [3.8, 4) is 0 Å². The fourth-order valence-corrected chi connectivity index (χ4v) is 2.00. The van der Waals surface area contributed by atoms with Crippen molar-refractivity contribution in [2.75, 3.05) is 0 Å². The molecule has 2 rings (SSSR count). The van der Waals surface area contributed by atoms with Crippen LogP contribution in [0.4, 0.5) is 14.6 Å². The summed E-state index contributed by atoms with van der Waals surface area (Å²) in [6.07, 6.45) is 1.23. The Morgan fingerprint density at radius 3 is 2.70 bits per heavy atom. The molecule has 0 bridgehead atoms. The molecule has 2 aromatic rings. The number of carbonyl (C=O) groups is 1. The summed E-state index contributed by atoms with van der Waals surface area (Å²) in [6, 6.07) is 2.56. The van der Waals surface area contributed by atoms with Gasteiger partial charge in [0.05, 0.1) is 16.9 Å². The van der Waals surface area contributed by atoms with Crippen molar-refractivity contribution in [1.29, 1.82) is 0 Å². The summed E-state index contributed by atoms with van der Waals surface area (Å²) >= 11 is 2.93. The van der Waals surface area contributed by atoms with E-state index in [0.29, 0.717) is 6.07 Å². The Balaban J connectivity index is 2.23. The molecular formula is C11H6BrF2N3O3. The quantitative estimate of drug-likeness (QED) is 0.485. The van der Waals surface area contributed by atoms with Gasteiger partial charge < -0.3 is 10.1 Å². The number of halogens is 3. The minimum Gasteiger partial charge on any atom is -0.358 e. The summed E-state index contributed by atoms with van der Waals surface area (Å²) in [5.41, 5.74) is -0.305. The Kier molecular flexibility index (Phi) is 3.89. The number of rotatable bonds is 4. The van der Waals surface area contributed by atoms with E-state index < -0.39 is 34.7 Å². The van der Waals surface area contributed by atoms with Gasteiger partial charge in [-0.25, -0.2) is 8.78 Å². The molecule has 1 heterocycles. The molecule has 0 radical (unpaired) electrons. The zero-order valence-corrected chi connectivity index (χ0v) is 11.3. The second kappa shape index (κ2) is 5.45. The molecule has 0 saturated heterocycles. The van der Waals surface area contributed by atoms with Crippen molar-refractivity contribution in [3.63, 3.8) is 0 Å². The molecule has 1 aromatic carbocycles. The second-order valence-corrected chi connectivity index (χ2v) is 4.66. The van der Waals surface area contributed by atoms with Gasteiger partial charge in [-0.3, -0.25) is 4.79 Å². The monoisotopic (exact) mass is 345 g/mol. The van der Waals surface area contributed by atoms with E-state index in [0.717, 1.165) is 16.8 Å². The van der Waals surface area contributed by atoms with Gasteiger partial charge in [-0.2, -0.15) is 4.68 Å². The number of nitrogens with zero attached hydrogens (tertiary/aromatic N) is 3. The van der Waals surface area contributed by atoms with E-state index in [1.165, 1.54) is 6.20 Å². The van der Waals surface area contributed by atoms with Crippen molar-refractivity contribution in [2.24, 2.45) is 0 Å². The number of hydrogen-bond acceptors (Lipinski definition) is 4. The van der Waals surface area contributed by atoms with E-state index in [9.17, 15) is 23.7 Å². The van der Waals surface area contributed by atoms with Crippen LogP contribution in [0.25, 0.3) is 0 Å². The summed E-state index contributed by atoms with van der Waals surface area (Å²) in [4.78, 5) is 21.7. The van der Waals surface area contributed by atoms with Gasteiger partial charge in [0, 0.05) is 6.07 Å². The second-order valence-electron chi connectivity index (χ2n) is 3.80. The molecule has 0 N–H and O–H groups in total. The molecule has 0 aliphatic carbocycles. The van der Waals surface area contributed by atoms with Crippen molar-refractivity contribution >= 4 is 27.5 Å². The predicted molar refractivity (Wildman–Crippen MR) is 67.3 cm³/mol. The van der Waals surface area contributed by atoms with Crippen LogP contribution in [-0.2, 0) is 6.54 Å². The van der Waals surface area contributed by atoms with E-state index in [2.05, 4.69) is 21.0 Å². The lowest BCUT2D eigenvalue weighted by Crippen LogP contribution is -2.12. The number of benzene rings is 1. The average molecular weight is 346 g/mol. The smallest absolute Gasteiger partial charge is 0.358 e. The fraction of sp³-hybridized carbons (Fsp3) is 0.0909. The van der Waals surface area contributed by atoms with Crippen LogP contribution in [0.2, 0.25) is 0 Å². The Labute approximate surface area is 119 Å².